The van der Waals surface area contributed by atoms with Gasteiger partial charge in [0.1, 0.15) is 11.7 Å². The fraction of sp³-hybridized carbons (Fsp3) is 0.385. The average Bonchev–Trinajstić information content (AvgIpc) is 2.64. The Hall–Kier alpha value is -1.27. The summed E-state index contributed by atoms with van der Waals surface area (Å²) in [5.41, 5.74) is -0.432. The van der Waals surface area contributed by atoms with Crippen molar-refractivity contribution in [2.24, 2.45) is 0 Å². The van der Waals surface area contributed by atoms with Gasteiger partial charge in [-0.25, -0.2) is 13.7 Å². The van der Waals surface area contributed by atoms with Gasteiger partial charge in [0.05, 0.1) is 0 Å². The molecule has 2 aliphatic rings. The van der Waals surface area contributed by atoms with Crippen LogP contribution in [0, 0.1) is 11.6 Å². The summed E-state index contributed by atoms with van der Waals surface area (Å²) < 4.78 is 28.0. The van der Waals surface area contributed by atoms with Crippen LogP contribution in [0.1, 0.15) is 19.3 Å². The van der Waals surface area contributed by atoms with Crippen LogP contribution < -0.4 is 4.90 Å². The number of carbonyl (C=O) groups excluding carboxylic acids is 1. The average molecular weight is 317 g/mol. The van der Waals surface area contributed by atoms with Crippen LogP contribution >= 0.6 is 23.8 Å². The second-order valence-corrected chi connectivity index (χ2v) is 5.68. The molecule has 20 heavy (non-hydrogen) atoms. The second kappa shape index (κ2) is 4.93. The number of amides is 1. The summed E-state index contributed by atoms with van der Waals surface area (Å²) in [5, 5.41) is 0.110. The zero-order chi connectivity index (χ0) is 14.4. The SMILES string of the molecule is O=C1C2CCCCN2C(=S)N1c1c(F)cc(Cl)cc1F. The predicted octanol–water partition coefficient (Wildman–Crippen LogP) is 3.10. The van der Waals surface area contributed by atoms with Gasteiger partial charge in [0, 0.05) is 11.6 Å². The minimum atomic E-state index is -0.884. The van der Waals surface area contributed by atoms with E-state index in [4.69, 9.17) is 23.8 Å². The lowest BCUT2D eigenvalue weighted by molar-refractivity contribution is -0.120. The van der Waals surface area contributed by atoms with Crippen LogP contribution in [-0.4, -0.2) is 28.5 Å². The molecule has 1 atom stereocenters. The maximum absolute atomic E-state index is 14.0. The van der Waals surface area contributed by atoms with Gasteiger partial charge in [-0.3, -0.25) is 4.79 Å². The van der Waals surface area contributed by atoms with E-state index >= 15 is 0 Å². The van der Waals surface area contributed by atoms with E-state index in [0.29, 0.717) is 13.0 Å². The molecule has 0 aliphatic carbocycles. The predicted molar refractivity (Wildman–Crippen MR) is 75.8 cm³/mol. The molecule has 1 aromatic rings. The second-order valence-electron chi connectivity index (χ2n) is 4.88. The Balaban J connectivity index is 2.06. The number of piperidine rings is 1. The van der Waals surface area contributed by atoms with Gasteiger partial charge < -0.3 is 4.90 Å². The van der Waals surface area contributed by atoms with Crippen LogP contribution in [0.5, 0.6) is 0 Å². The highest BCUT2D eigenvalue weighted by Gasteiger charge is 2.45. The molecule has 2 heterocycles. The molecule has 1 amide bonds. The Bertz CT molecular complexity index is 563. The maximum atomic E-state index is 14.0. The fourth-order valence-electron chi connectivity index (χ4n) is 2.74. The Morgan fingerprint density at radius 1 is 1.25 bits per heavy atom. The third kappa shape index (κ3) is 1.98. The normalized spacial score (nSPS) is 22.4. The third-order valence-corrected chi connectivity index (χ3v) is 4.29. The summed E-state index contributed by atoms with van der Waals surface area (Å²) in [4.78, 5) is 15.1. The summed E-state index contributed by atoms with van der Waals surface area (Å²) in [6, 6.07) is 1.56. The van der Waals surface area contributed by atoms with Crippen LogP contribution in [0.15, 0.2) is 12.1 Å². The van der Waals surface area contributed by atoms with Crippen LogP contribution in [0.25, 0.3) is 0 Å². The zero-order valence-corrected chi connectivity index (χ0v) is 12.0. The molecular formula is C13H11ClF2N2OS. The Morgan fingerprint density at radius 2 is 1.90 bits per heavy atom. The van der Waals surface area contributed by atoms with Gasteiger partial charge in [-0.05, 0) is 43.6 Å². The first-order valence-corrected chi connectivity index (χ1v) is 7.08. The van der Waals surface area contributed by atoms with E-state index in [-0.39, 0.29) is 16.0 Å². The van der Waals surface area contributed by atoms with E-state index in [2.05, 4.69) is 0 Å². The molecule has 2 fully saturated rings. The van der Waals surface area contributed by atoms with E-state index in [1.807, 2.05) is 0 Å². The summed E-state index contributed by atoms with van der Waals surface area (Å²) in [6.45, 7) is 0.641. The number of halogens is 3. The first-order valence-electron chi connectivity index (χ1n) is 6.30. The highest BCUT2D eigenvalue weighted by Crippen LogP contribution is 2.34. The van der Waals surface area contributed by atoms with E-state index in [1.54, 1.807) is 4.90 Å². The number of fused-ring (bicyclic) bond motifs is 1. The number of anilines is 1. The zero-order valence-electron chi connectivity index (χ0n) is 10.4. The number of thiocarbonyl (C=S) groups is 1. The Kier molecular flexibility index (Phi) is 3.38. The van der Waals surface area contributed by atoms with Crippen LogP contribution in [0.2, 0.25) is 5.02 Å². The van der Waals surface area contributed by atoms with Crippen molar-refractivity contribution in [3.05, 3.63) is 28.8 Å². The highest BCUT2D eigenvalue weighted by molar-refractivity contribution is 7.80. The van der Waals surface area contributed by atoms with Crippen molar-refractivity contribution in [2.45, 2.75) is 25.3 Å². The summed E-state index contributed by atoms with van der Waals surface area (Å²) in [6.07, 6.45) is 2.49. The van der Waals surface area contributed by atoms with Crippen molar-refractivity contribution in [1.82, 2.24) is 4.90 Å². The van der Waals surface area contributed by atoms with Crippen molar-refractivity contribution in [3.8, 4) is 0 Å². The molecule has 2 aliphatic heterocycles. The van der Waals surface area contributed by atoms with Gasteiger partial charge in [-0.15, -0.1) is 0 Å². The van der Waals surface area contributed by atoms with Gasteiger partial charge in [-0.1, -0.05) is 11.6 Å². The molecule has 1 unspecified atom stereocenters. The van der Waals surface area contributed by atoms with Crippen molar-refractivity contribution in [3.63, 3.8) is 0 Å². The van der Waals surface area contributed by atoms with Crippen LogP contribution in [-0.2, 0) is 4.79 Å². The molecule has 0 saturated carbocycles. The van der Waals surface area contributed by atoms with Gasteiger partial charge in [-0.2, -0.15) is 0 Å². The van der Waals surface area contributed by atoms with Crippen molar-refractivity contribution >= 4 is 40.5 Å². The molecule has 0 N–H and O–H groups in total. The lowest BCUT2D eigenvalue weighted by Gasteiger charge is -2.27. The summed E-state index contributed by atoms with van der Waals surface area (Å²) in [5.74, 6) is -2.13. The van der Waals surface area contributed by atoms with Crippen LogP contribution in [0.4, 0.5) is 14.5 Å². The minimum absolute atomic E-state index is 0.0564. The molecule has 106 valence electrons. The molecule has 0 radical (unpaired) electrons. The maximum Gasteiger partial charge on any atom is 0.256 e. The molecule has 0 bridgehead atoms. The fourth-order valence-corrected chi connectivity index (χ4v) is 3.33. The molecule has 1 aromatic carbocycles. The van der Waals surface area contributed by atoms with E-state index in [1.165, 1.54) is 0 Å². The standard InChI is InChI=1S/C13H11ClF2N2OS/c14-7-5-8(15)11(9(16)6-7)18-12(19)10-3-1-2-4-17(10)13(18)20/h5-6,10H,1-4H2. The molecule has 2 saturated heterocycles. The molecule has 3 rings (SSSR count). The van der Waals surface area contributed by atoms with Gasteiger partial charge >= 0.3 is 0 Å². The lowest BCUT2D eigenvalue weighted by Crippen LogP contribution is -2.38. The first kappa shape index (κ1) is 13.7. The number of hydrogen-bond acceptors (Lipinski definition) is 2. The minimum Gasteiger partial charge on any atom is -0.336 e. The number of benzene rings is 1. The van der Waals surface area contributed by atoms with E-state index in [0.717, 1.165) is 29.9 Å². The summed E-state index contributed by atoms with van der Waals surface area (Å²) >= 11 is 10.8. The molecule has 0 aromatic heterocycles. The van der Waals surface area contributed by atoms with E-state index < -0.39 is 23.4 Å². The Labute approximate surface area is 125 Å². The van der Waals surface area contributed by atoms with Gasteiger partial charge in [0.2, 0.25) is 0 Å². The number of nitrogens with zero attached hydrogens (tertiary/aromatic N) is 2. The number of hydrogen-bond donors (Lipinski definition) is 0. The van der Waals surface area contributed by atoms with Crippen molar-refractivity contribution in [1.29, 1.82) is 0 Å². The quantitative estimate of drug-likeness (QED) is 0.744. The molecule has 7 heteroatoms. The smallest absolute Gasteiger partial charge is 0.256 e. The largest absolute Gasteiger partial charge is 0.336 e. The highest BCUT2D eigenvalue weighted by atomic mass is 35.5. The number of rotatable bonds is 1. The van der Waals surface area contributed by atoms with Crippen molar-refractivity contribution < 1.29 is 13.6 Å². The number of carbonyl (C=O) groups is 1. The topological polar surface area (TPSA) is 23.6 Å². The lowest BCUT2D eigenvalue weighted by atomic mass is 10.0. The molecular weight excluding hydrogens is 306 g/mol. The van der Waals surface area contributed by atoms with Crippen molar-refractivity contribution in [2.75, 3.05) is 11.4 Å². The molecule has 3 nitrogen and oxygen atoms in total. The molecule has 0 spiro atoms. The third-order valence-electron chi connectivity index (χ3n) is 3.65. The first-order chi connectivity index (χ1) is 9.50. The van der Waals surface area contributed by atoms with Crippen LogP contribution in [0.3, 0.4) is 0 Å². The summed E-state index contributed by atoms with van der Waals surface area (Å²) in [7, 11) is 0. The van der Waals surface area contributed by atoms with E-state index in [9.17, 15) is 13.6 Å². The van der Waals surface area contributed by atoms with Gasteiger partial charge in [0.15, 0.2) is 16.7 Å². The Morgan fingerprint density at radius 3 is 2.50 bits per heavy atom. The van der Waals surface area contributed by atoms with Gasteiger partial charge in [0.25, 0.3) is 5.91 Å². The monoisotopic (exact) mass is 316 g/mol.